The fourth-order valence-corrected chi connectivity index (χ4v) is 3.56. The van der Waals surface area contributed by atoms with Crippen molar-refractivity contribution in [2.45, 2.75) is 0 Å². The summed E-state index contributed by atoms with van der Waals surface area (Å²) in [5.41, 5.74) is 3.01. The zero-order valence-electron chi connectivity index (χ0n) is 15.8. The number of oxazole rings is 1. The Morgan fingerprint density at radius 3 is 2.74 bits per heavy atom. The first-order valence-electron chi connectivity index (χ1n) is 9.24. The van der Waals surface area contributed by atoms with Crippen LogP contribution in [0.3, 0.4) is 0 Å². The highest BCUT2D eigenvalue weighted by atomic mass is 35.5. The summed E-state index contributed by atoms with van der Waals surface area (Å²) in [5, 5.41) is 6.33. The number of ether oxygens (including phenoxy) is 2. The van der Waals surface area contributed by atoms with Gasteiger partial charge in [-0.3, -0.25) is 10.1 Å². The van der Waals surface area contributed by atoms with Gasteiger partial charge in [-0.2, -0.15) is 0 Å². The molecule has 0 radical (unpaired) electrons. The molecule has 0 unspecified atom stereocenters. The molecule has 0 aliphatic carbocycles. The Morgan fingerprint density at radius 1 is 1.03 bits per heavy atom. The predicted octanol–water partition coefficient (Wildman–Crippen LogP) is 5.00. The van der Waals surface area contributed by atoms with E-state index in [1.807, 2.05) is 18.2 Å². The number of carbonyl (C=O) groups is 1. The number of hydrogen-bond donors (Lipinski definition) is 2. The van der Waals surface area contributed by atoms with E-state index in [2.05, 4.69) is 15.6 Å². The number of rotatable bonds is 3. The quantitative estimate of drug-likeness (QED) is 0.424. The van der Waals surface area contributed by atoms with Gasteiger partial charge in [0, 0.05) is 11.3 Å². The second-order valence-electron chi connectivity index (χ2n) is 6.66. The molecule has 31 heavy (non-hydrogen) atoms. The highest BCUT2D eigenvalue weighted by molar-refractivity contribution is 7.80. The molecule has 3 aromatic carbocycles. The molecular weight excluding hydrogens is 438 g/mol. The number of nitrogens with one attached hydrogen (secondary N) is 2. The van der Waals surface area contributed by atoms with E-state index in [1.165, 1.54) is 0 Å². The third kappa shape index (κ3) is 3.90. The Morgan fingerprint density at radius 2 is 1.87 bits per heavy atom. The van der Waals surface area contributed by atoms with Gasteiger partial charge in [0.25, 0.3) is 5.91 Å². The van der Waals surface area contributed by atoms with Gasteiger partial charge >= 0.3 is 0 Å². The van der Waals surface area contributed by atoms with Gasteiger partial charge < -0.3 is 19.2 Å². The van der Waals surface area contributed by atoms with Crippen LogP contribution >= 0.6 is 23.8 Å². The van der Waals surface area contributed by atoms with E-state index in [4.69, 9.17) is 37.7 Å². The zero-order valence-corrected chi connectivity index (χ0v) is 17.4. The van der Waals surface area contributed by atoms with Crippen molar-refractivity contribution in [3.05, 3.63) is 71.2 Å². The van der Waals surface area contributed by atoms with Gasteiger partial charge in [-0.1, -0.05) is 23.7 Å². The minimum Gasteiger partial charge on any atom is -0.454 e. The van der Waals surface area contributed by atoms with Crippen LogP contribution in [0.4, 0.5) is 5.69 Å². The van der Waals surface area contributed by atoms with E-state index >= 15 is 0 Å². The largest absolute Gasteiger partial charge is 0.454 e. The molecule has 0 spiro atoms. The van der Waals surface area contributed by atoms with Gasteiger partial charge in [0.15, 0.2) is 22.2 Å². The highest BCUT2D eigenvalue weighted by Gasteiger charge is 2.17. The lowest BCUT2D eigenvalue weighted by Gasteiger charge is -2.09. The van der Waals surface area contributed by atoms with Crippen molar-refractivity contribution in [2.75, 3.05) is 12.1 Å². The fourth-order valence-electron chi connectivity index (χ4n) is 3.13. The fraction of sp³-hybridized carbons (Fsp3) is 0.0455. The molecule has 1 amide bonds. The minimum atomic E-state index is -0.362. The number of aromatic nitrogens is 1. The van der Waals surface area contributed by atoms with Gasteiger partial charge in [-0.15, -0.1) is 0 Å². The number of benzene rings is 3. The Hall–Kier alpha value is -3.62. The Balaban J connectivity index is 1.30. The van der Waals surface area contributed by atoms with E-state index in [0.29, 0.717) is 50.3 Å². The first-order chi connectivity index (χ1) is 15.1. The van der Waals surface area contributed by atoms with E-state index in [0.717, 1.165) is 0 Å². The van der Waals surface area contributed by atoms with Gasteiger partial charge in [-0.05, 0) is 60.7 Å². The topological polar surface area (TPSA) is 85.6 Å². The monoisotopic (exact) mass is 451 g/mol. The smallest absolute Gasteiger partial charge is 0.257 e. The van der Waals surface area contributed by atoms with Gasteiger partial charge in [0.2, 0.25) is 12.7 Å². The number of thiocarbonyl (C=S) groups is 1. The van der Waals surface area contributed by atoms with Crippen LogP contribution in [0.1, 0.15) is 10.4 Å². The molecule has 1 aromatic heterocycles. The summed E-state index contributed by atoms with van der Waals surface area (Å²) in [6.07, 6.45) is 0. The first-order valence-corrected chi connectivity index (χ1v) is 10.0. The van der Waals surface area contributed by atoms with Crippen LogP contribution < -0.4 is 20.1 Å². The van der Waals surface area contributed by atoms with Crippen LogP contribution in [-0.4, -0.2) is 22.8 Å². The lowest BCUT2D eigenvalue weighted by Crippen LogP contribution is -2.34. The van der Waals surface area contributed by atoms with Crippen LogP contribution in [0, 0.1) is 0 Å². The molecular formula is C22H14ClN3O4S. The summed E-state index contributed by atoms with van der Waals surface area (Å²) in [5.74, 6) is 1.20. The molecule has 1 aliphatic rings. The van der Waals surface area contributed by atoms with Crippen molar-refractivity contribution in [2.24, 2.45) is 0 Å². The van der Waals surface area contributed by atoms with Crippen molar-refractivity contribution in [3.8, 4) is 23.0 Å². The van der Waals surface area contributed by atoms with Crippen LogP contribution in [0.2, 0.25) is 5.02 Å². The molecule has 4 aromatic rings. The van der Waals surface area contributed by atoms with E-state index < -0.39 is 0 Å². The zero-order chi connectivity index (χ0) is 21.4. The normalized spacial score (nSPS) is 12.0. The SMILES string of the molecule is O=C(NC(=S)Nc1ccc2oc(-c3ccccc3Cl)nc2c1)c1ccc2c(c1)OCO2. The van der Waals surface area contributed by atoms with Crippen molar-refractivity contribution in [1.29, 1.82) is 0 Å². The number of hydrogen-bond acceptors (Lipinski definition) is 6. The maximum absolute atomic E-state index is 12.5. The molecule has 0 fully saturated rings. The second-order valence-corrected chi connectivity index (χ2v) is 7.47. The average Bonchev–Trinajstić information content (AvgIpc) is 3.39. The molecule has 7 nitrogen and oxygen atoms in total. The van der Waals surface area contributed by atoms with Crippen molar-refractivity contribution in [1.82, 2.24) is 10.3 Å². The van der Waals surface area contributed by atoms with E-state index in [9.17, 15) is 4.79 Å². The van der Waals surface area contributed by atoms with Crippen LogP contribution in [-0.2, 0) is 0 Å². The van der Waals surface area contributed by atoms with Crippen LogP contribution in [0.15, 0.2) is 65.1 Å². The molecule has 2 heterocycles. The van der Waals surface area contributed by atoms with Gasteiger partial charge in [-0.25, -0.2) is 4.98 Å². The molecule has 2 N–H and O–H groups in total. The molecule has 0 saturated carbocycles. The maximum atomic E-state index is 12.5. The predicted molar refractivity (Wildman–Crippen MR) is 121 cm³/mol. The summed E-state index contributed by atoms with van der Waals surface area (Å²) < 4.78 is 16.4. The average molecular weight is 452 g/mol. The van der Waals surface area contributed by atoms with E-state index in [-0.39, 0.29) is 17.8 Å². The molecule has 1 aliphatic heterocycles. The summed E-state index contributed by atoms with van der Waals surface area (Å²) >= 11 is 11.5. The minimum absolute atomic E-state index is 0.142. The molecule has 0 bridgehead atoms. The third-order valence-electron chi connectivity index (χ3n) is 4.61. The number of carbonyl (C=O) groups excluding carboxylic acids is 1. The summed E-state index contributed by atoms with van der Waals surface area (Å²) in [6.45, 7) is 0.142. The summed E-state index contributed by atoms with van der Waals surface area (Å²) in [6, 6.07) is 17.6. The molecule has 9 heteroatoms. The number of amides is 1. The Bertz CT molecular complexity index is 1340. The lowest BCUT2D eigenvalue weighted by molar-refractivity contribution is 0.0977. The standard InChI is InChI=1S/C22H14ClN3O4S/c23-15-4-2-1-3-14(15)21-25-16-10-13(6-8-17(16)30-21)24-22(31)26-20(27)12-5-7-18-19(9-12)29-11-28-18/h1-10H,11H2,(H2,24,26,27,31). The molecule has 0 atom stereocenters. The van der Waals surface area contributed by atoms with Crippen molar-refractivity contribution in [3.63, 3.8) is 0 Å². The Kier molecular flexibility index (Phi) is 4.93. The lowest BCUT2D eigenvalue weighted by atomic mass is 10.2. The Labute approximate surface area is 186 Å². The second kappa shape index (κ2) is 7.90. The number of halogens is 1. The van der Waals surface area contributed by atoms with Gasteiger partial charge in [0.1, 0.15) is 5.52 Å². The molecule has 154 valence electrons. The number of fused-ring (bicyclic) bond motifs is 2. The molecule has 5 rings (SSSR count). The number of nitrogens with zero attached hydrogens (tertiary/aromatic N) is 1. The van der Waals surface area contributed by atoms with E-state index in [1.54, 1.807) is 42.5 Å². The molecule has 0 saturated heterocycles. The van der Waals surface area contributed by atoms with Crippen LogP contribution in [0.25, 0.3) is 22.6 Å². The summed E-state index contributed by atoms with van der Waals surface area (Å²) in [4.78, 5) is 17.0. The van der Waals surface area contributed by atoms with Gasteiger partial charge in [0.05, 0.1) is 10.6 Å². The highest BCUT2D eigenvalue weighted by Crippen LogP contribution is 2.33. The third-order valence-corrected chi connectivity index (χ3v) is 5.15. The maximum Gasteiger partial charge on any atom is 0.257 e. The summed E-state index contributed by atoms with van der Waals surface area (Å²) in [7, 11) is 0. The van der Waals surface area contributed by atoms with Crippen molar-refractivity contribution < 1.29 is 18.7 Å². The first kappa shape index (κ1) is 19.3. The van der Waals surface area contributed by atoms with Crippen LogP contribution in [0.5, 0.6) is 11.5 Å². The van der Waals surface area contributed by atoms with Crippen molar-refractivity contribution >= 4 is 51.6 Å². The number of anilines is 1.